The van der Waals surface area contributed by atoms with Crippen molar-refractivity contribution < 1.29 is 31.4 Å². The Kier molecular flexibility index (Phi) is 3.77. The molecule has 0 bridgehead atoms. The maximum atomic E-state index is 12.9. The summed E-state index contributed by atoms with van der Waals surface area (Å²) in [5.74, 6) is -6.59. The highest BCUT2D eigenvalue weighted by Crippen LogP contribution is 2.46. The van der Waals surface area contributed by atoms with Crippen LogP contribution in [0.25, 0.3) is 0 Å². The third-order valence-corrected chi connectivity index (χ3v) is 2.28. The van der Waals surface area contributed by atoms with E-state index in [1.165, 1.54) is 12.3 Å². The van der Waals surface area contributed by atoms with Gasteiger partial charge in [-0.3, -0.25) is 0 Å². The Balaban J connectivity index is 2.55. The average Bonchev–Trinajstić information content (AvgIpc) is 2.07. The van der Waals surface area contributed by atoms with Gasteiger partial charge in [0.1, 0.15) is 12.7 Å². The molecular formula is C9H11F5O2. The fourth-order valence-corrected chi connectivity index (χ4v) is 1.29. The maximum absolute atomic E-state index is 12.9. The molecule has 1 saturated heterocycles. The Hall–Kier alpha value is -0.850. The van der Waals surface area contributed by atoms with Crippen molar-refractivity contribution in [2.24, 2.45) is 5.92 Å². The number of allylic oxidation sites excluding steroid dienone is 1. The van der Waals surface area contributed by atoms with Crippen molar-refractivity contribution in [1.82, 2.24) is 0 Å². The van der Waals surface area contributed by atoms with E-state index in [2.05, 4.69) is 4.74 Å². The van der Waals surface area contributed by atoms with E-state index >= 15 is 0 Å². The maximum Gasteiger partial charge on any atom is 0.453 e. The molecule has 0 spiro atoms. The highest BCUT2D eigenvalue weighted by molar-refractivity contribution is 4.94. The summed E-state index contributed by atoms with van der Waals surface area (Å²) in [6.45, 7) is 0.723. The van der Waals surface area contributed by atoms with Gasteiger partial charge < -0.3 is 9.47 Å². The first-order valence-electron chi connectivity index (χ1n) is 4.59. The molecule has 0 aromatic carbocycles. The highest BCUT2D eigenvalue weighted by atomic mass is 19.4. The van der Waals surface area contributed by atoms with Crippen molar-refractivity contribution in [1.29, 1.82) is 0 Å². The summed E-state index contributed by atoms with van der Waals surface area (Å²) in [5, 5.41) is 0. The number of alkyl halides is 5. The van der Waals surface area contributed by atoms with Crippen molar-refractivity contribution in [2.45, 2.75) is 25.1 Å². The second kappa shape index (κ2) is 4.57. The van der Waals surface area contributed by atoms with Gasteiger partial charge in [-0.15, -0.1) is 0 Å². The molecule has 94 valence electrons. The van der Waals surface area contributed by atoms with E-state index in [-0.39, 0.29) is 6.61 Å². The lowest BCUT2D eigenvalue weighted by Gasteiger charge is -2.41. The standard InChI is InChI=1S/C9H11F5O2/c1-2-3-15-5-7-6(4-16-7)8(10,11)9(12,13)14/h2-3,6-7H,4-5H2,1H3. The van der Waals surface area contributed by atoms with Gasteiger partial charge in [-0.1, -0.05) is 6.08 Å². The number of ether oxygens (including phenoxy) is 2. The van der Waals surface area contributed by atoms with Crippen molar-refractivity contribution in [3.8, 4) is 0 Å². The first-order valence-corrected chi connectivity index (χ1v) is 4.59. The Morgan fingerprint density at radius 3 is 2.31 bits per heavy atom. The first kappa shape index (κ1) is 13.2. The molecule has 16 heavy (non-hydrogen) atoms. The number of hydrogen-bond donors (Lipinski definition) is 0. The largest absolute Gasteiger partial charge is 0.499 e. The van der Waals surface area contributed by atoms with E-state index < -0.39 is 30.7 Å². The van der Waals surface area contributed by atoms with Crippen LogP contribution in [0.1, 0.15) is 6.92 Å². The first-order chi connectivity index (χ1) is 7.30. The molecule has 0 N–H and O–H groups in total. The second-order valence-corrected chi connectivity index (χ2v) is 3.40. The summed E-state index contributed by atoms with van der Waals surface area (Å²) in [7, 11) is 0. The fourth-order valence-electron chi connectivity index (χ4n) is 1.29. The van der Waals surface area contributed by atoms with Crippen LogP contribution in [0.3, 0.4) is 0 Å². The Morgan fingerprint density at radius 1 is 1.31 bits per heavy atom. The summed E-state index contributed by atoms with van der Waals surface area (Å²) in [6.07, 6.45) is -4.05. The van der Waals surface area contributed by atoms with E-state index in [1.54, 1.807) is 6.92 Å². The molecule has 0 aliphatic carbocycles. The molecule has 0 aromatic rings. The minimum Gasteiger partial charge on any atom is -0.499 e. The number of hydrogen-bond acceptors (Lipinski definition) is 2. The van der Waals surface area contributed by atoms with Crippen LogP contribution in [0, 0.1) is 5.92 Å². The summed E-state index contributed by atoms with van der Waals surface area (Å²) < 4.78 is 71.1. The molecule has 0 radical (unpaired) electrons. The van der Waals surface area contributed by atoms with Gasteiger partial charge in [0.15, 0.2) is 0 Å². The number of rotatable bonds is 4. The monoisotopic (exact) mass is 246 g/mol. The minimum absolute atomic E-state index is 0.305. The molecule has 1 rings (SSSR count). The lowest BCUT2D eigenvalue weighted by Crippen LogP contribution is -2.58. The van der Waals surface area contributed by atoms with Crippen molar-refractivity contribution >= 4 is 0 Å². The Labute approximate surface area is 89.0 Å². The van der Waals surface area contributed by atoms with Gasteiger partial charge in [-0.25, -0.2) is 0 Å². The molecule has 1 aliphatic heterocycles. The zero-order valence-corrected chi connectivity index (χ0v) is 8.43. The molecule has 1 aliphatic rings. The summed E-state index contributed by atoms with van der Waals surface area (Å²) in [4.78, 5) is 0. The summed E-state index contributed by atoms with van der Waals surface area (Å²) in [6, 6.07) is 0. The molecule has 7 heteroatoms. The van der Waals surface area contributed by atoms with Gasteiger partial charge in [0, 0.05) is 0 Å². The van der Waals surface area contributed by atoms with Crippen LogP contribution >= 0.6 is 0 Å². The topological polar surface area (TPSA) is 18.5 Å². The van der Waals surface area contributed by atoms with Gasteiger partial charge in [0.2, 0.25) is 0 Å². The van der Waals surface area contributed by atoms with Gasteiger partial charge in [0.05, 0.1) is 18.8 Å². The van der Waals surface area contributed by atoms with Gasteiger partial charge in [-0.05, 0) is 6.92 Å². The molecule has 0 aromatic heterocycles. The molecule has 0 amide bonds. The second-order valence-electron chi connectivity index (χ2n) is 3.40. The van der Waals surface area contributed by atoms with Crippen LogP contribution in [0.15, 0.2) is 12.3 Å². The molecule has 2 atom stereocenters. The van der Waals surface area contributed by atoms with E-state index in [9.17, 15) is 22.0 Å². The smallest absolute Gasteiger partial charge is 0.453 e. The zero-order chi connectivity index (χ0) is 12.4. The SMILES string of the molecule is CC=COCC1OCC1C(F)(F)C(F)(F)F. The van der Waals surface area contributed by atoms with Crippen molar-refractivity contribution in [2.75, 3.05) is 13.2 Å². The predicted octanol–water partition coefficient (Wildman–Crippen LogP) is 2.75. The van der Waals surface area contributed by atoms with Crippen LogP contribution in [-0.2, 0) is 9.47 Å². The van der Waals surface area contributed by atoms with Crippen LogP contribution in [0.2, 0.25) is 0 Å². The Morgan fingerprint density at radius 2 is 1.94 bits per heavy atom. The van der Waals surface area contributed by atoms with Crippen LogP contribution < -0.4 is 0 Å². The summed E-state index contributed by atoms with van der Waals surface area (Å²) in [5.41, 5.74) is 0. The lowest BCUT2D eigenvalue weighted by atomic mass is 9.91. The quantitative estimate of drug-likeness (QED) is 0.561. The van der Waals surface area contributed by atoms with Gasteiger partial charge in [-0.2, -0.15) is 22.0 Å². The minimum atomic E-state index is -5.54. The van der Waals surface area contributed by atoms with Gasteiger partial charge >= 0.3 is 12.1 Å². The normalized spacial score (nSPS) is 26.9. The average molecular weight is 246 g/mol. The van der Waals surface area contributed by atoms with E-state index in [0.717, 1.165) is 0 Å². The number of halogens is 5. The van der Waals surface area contributed by atoms with Crippen LogP contribution in [0.5, 0.6) is 0 Å². The van der Waals surface area contributed by atoms with Crippen molar-refractivity contribution in [3.63, 3.8) is 0 Å². The van der Waals surface area contributed by atoms with Gasteiger partial charge in [0.25, 0.3) is 0 Å². The third-order valence-electron chi connectivity index (χ3n) is 2.28. The predicted molar refractivity (Wildman–Crippen MR) is 45.0 cm³/mol. The molecule has 1 fully saturated rings. The molecule has 0 saturated carbocycles. The Bertz CT molecular complexity index is 261. The van der Waals surface area contributed by atoms with E-state index in [1.807, 2.05) is 0 Å². The lowest BCUT2D eigenvalue weighted by molar-refractivity contribution is -0.345. The highest BCUT2D eigenvalue weighted by Gasteiger charge is 2.66. The third kappa shape index (κ3) is 2.45. The molecular weight excluding hydrogens is 235 g/mol. The van der Waals surface area contributed by atoms with Crippen molar-refractivity contribution in [3.05, 3.63) is 12.3 Å². The fraction of sp³-hybridized carbons (Fsp3) is 0.778. The summed E-state index contributed by atoms with van der Waals surface area (Å²) >= 11 is 0. The molecule has 2 nitrogen and oxygen atoms in total. The van der Waals surface area contributed by atoms with E-state index in [0.29, 0.717) is 0 Å². The van der Waals surface area contributed by atoms with E-state index in [4.69, 9.17) is 4.74 Å². The zero-order valence-electron chi connectivity index (χ0n) is 8.43. The van der Waals surface area contributed by atoms with Crippen LogP contribution in [-0.4, -0.2) is 31.4 Å². The van der Waals surface area contributed by atoms with Crippen LogP contribution in [0.4, 0.5) is 22.0 Å². The molecule has 1 heterocycles. The molecule has 2 unspecified atom stereocenters.